The summed E-state index contributed by atoms with van der Waals surface area (Å²) in [5.41, 5.74) is -1.82. The summed E-state index contributed by atoms with van der Waals surface area (Å²) in [6.45, 7) is 0. The molecule has 0 unspecified atom stereocenters. The van der Waals surface area contributed by atoms with E-state index in [-0.39, 0.29) is 0 Å². The van der Waals surface area contributed by atoms with E-state index in [0.29, 0.717) is 0 Å². The zero-order valence-corrected chi connectivity index (χ0v) is 4.40. The maximum atomic E-state index is 10.3. The van der Waals surface area contributed by atoms with E-state index in [1.807, 2.05) is 0 Å². The van der Waals surface area contributed by atoms with Crippen LogP contribution in [0.1, 0.15) is 0 Å². The van der Waals surface area contributed by atoms with Crippen LogP contribution in [0.4, 0.5) is 0 Å². The normalized spacial score (nSPS) is 8.89. The minimum Gasteiger partial charge on any atom is -0.427 e. The number of aromatic nitrogens is 1. The third-order valence-electron chi connectivity index (χ3n) is 0.706. The van der Waals surface area contributed by atoms with Crippen molar-refractivity contribution in [3.8, 4) is 0 Å². The van der Waals surface area contributed by atoms with Crippen LogP contribution in [0.15, 0.2) is 32.5 Å². The summed E-state index contributed by atoms with van der Waals surface area (Å²) in [5.74, 6) is 0. The molecule has 0 radical (unpaired) electrons. The van der Waals surface area contributed by atoms with E-state index in [1.54, 1.807) is 0 Å². The Morgan fingerprint density at radius 3 is 3.00 bits per heavy atom. The van der Waals surface area contributed by atoms with Gasteiger partial charge in [-0.05, 0) is 6.07 Å². The third-order valence-corrected chi connectivity index (χ3v) is 0.706. The molecule has 0 amide bonds. The Bertz CT molecular complexity index is 274. The van der Waals surface area contributed by atoms with E-state index in [2.05, 4.69) is 9.40 Å². The molecule has 0 fully saturated rings. The lowest BCUT2D eigenvalue weighted by Gasteiger charge is -1.60. The molecule has 0 saturated heterocycles. The Hall–Kier alpha value is -1.45. The Balaban J connectivity index is 3.62. The average Bonchev–Trinajstić information content (AvgIpc) is 1.99. The largest absolute Gasteiger partial charge is 0.427 e. The van der Waals surface area contributed by atoms with Crippen LogP contribution in [0.5, 0.6) is 0 Å². The van der Waals surface area contributed by atoms with Crippen molar-refractivity contribution in [2.45, 2.75) is 0 Å². The highest BCUT2D eigenvalue weighted by molar-refractivity contribution is 4.74. The van der Waals surface area contributed by atoms with Crippen LogP contribution in [0.2, 0.25) is 0 Å². The molecule has 1 aromatic rings. The van der Waals surface area contributed by atoms with E-state index in [9.17, 15) is 9.59 Å². The molecule has 1 rings (SSSR count). The molecule has 4 heteroatoms. The van der Waals surface area contributed by atoms with Gasteiger partial charge in [0.1, 0.15) is 0 Å². The van der Waals surface area contributed by atoms with Gasteiger partial charge in [0, 0.05) is 6.20 Å². The van der Waals surface area contributed by atoms with Gasteiger partial charge >= 0.3 is 11.2 Å². The highest BCUT2D eigenvalue weighted by atomic mass is 16.4. The minimum atomic E-state index is -0.944. The third kappa shape index (κ3) is 1.22. The Labute approximate surface area is 49.8 Å². The quantitative estimate of drug-likeness (QED) is 0.434. The van der Waals surface area contributed by atoms with Crippen molar-refractivity contribution < 1.29 is 4.42 Å². The zero-order valence-electron chi connectivity index (χ0n) is 4.40. The summed E-state index contributed by atoms with van der Waals surface area (Å²) in [4.78, 5) is 23.8. The van der Waals surface area contributed by atoms with E-state index >= 15 is 0 Å². The molecule has 0 aliphatic heterocycles. The molecule has 1 aromatic heterocycles. The van der Waals surface area contributed by atoms with Crippen molar-refractivity contribution in [1.29, 1.82) is 0 Å². The lowest BCUT2D eigenvalue weighted by Crippen LogP contribution is -2.21. The second-order valence-corrected chi connectivity index (χ2v) is 1.32. The van der Waals surface area contributed by atoms with Gasteiger partial charge in [-0.1, -0.05) is 0 Å². The standard InChI is InChI=1S/C5H3NO3/c7-4-5(8)9-3-1-2-6-4/h1-3H. The number of rotatable bonds is 0. The molecule has 0 atom stereocenters. The molecule has 4 nitrogen and oxygen atoms in total. The molecule has 46 valence electrons. The lowest BCUT2D eigenvalue weighted by molar-refractivity contribution is 0.509. The van der Waals surface area contributed by atoms with Crippen molar-refractivity contribution in [2.75, 3.05) is 0 Å². The molecule has 0 N–H and O–H groups in total. The van der Waals surface area contributed by atoms with E-state index < -0.39 is 11.2 Å². The van der Waals surface area contributed by atoms with Gasteiger partial charge in [-0.3, -0.25) is 4.79 Å². The monoisotopic (exact) mass is 125 g/mol. The second-order valence-electron chi connectivity index (χ2n) is 1.32. The van der Waals surface area contributed by atoms with Crippen LogP contribution in [0.25, 0.3) is 0 Å². The first kappa shape index (κ1) is 5.68. The molecule has 9 heavy (non-hydrogen) atoms. The molecule has 0 spiro atoms. The number of nitrogens with zero attached hydrogens (tertiary/aromatic N) is 1. The van der Waals surface area contributed by atoms with Gasteiger partial charge in [0.15, 0.2) is 0 Å². The van der Waals surface area contributed by atoms with E-state index in [4.69, 9.17) is 0 Å². The fourth-order valence-electron chi connectivity index (χ4n) is 0.350. The van der Waals surface area contributed by atoms with Gasteiger partial charge in [0.2, 0.25) is 0 Å². The Morgan fingerprint density at radius 2 is 2.22 bits per heavy atom. The van der Waals surface area contributed by atoms with Crippen LogP contribution >= 0.6 is 0 Å². The van der Waals surface area contributed by atoms with Crippen molar-refractivity contribution in [3.05, 3.63) is 39.3 Å². The summed E-state index contributed by atoms with van der Waals surface area (Å²) < 4.78 is 4.22. The average molecular weight is 125 g/mol. The molecule has 1 heterocycles. The molecule has 0 bridgehead atoms. The van der Waals surface area contributed by atoms with Crippen LogP contribution in [0.3, 0.4) is 0 Å². The predicted molar refractivity (Wildman–Crippen MR) is 29.0 cm³/mol. The SMILES string of the molecule is O=c1ncccoc1=O. The van der Waals surface area contributed by atoms with Gasteiger partial charge < -0.3 is 4.42 Å². The topological polar surface area (TPSA) is 60.2 Å². The maximum Gasteiger partial charge on any atom is 0.404 e. The molecular formula is C5H3NO3. The van der Waals surface area contributed by atoms with E-state index in [1.165, 1.54) is 12.3 Å². The van der Waals surface area contributed by atoms with Gasteiger partial charge in [0.05, 0.1) is 6.26 Å². The summed E-state index contributed by atoms with van der Waals surface area (Å²) in [6.07, 6.45) is 2.31. The minimum absolute atomic E-state index is 0.875. The first-order valence-electron chi connectivity index (χ1n) is 2.25. The van der Waals surface area contributed by atoms with Crippen molar-refractivity contribution >= 4 is 0 Å². The van der Waals surface area contributed by atoms with Crippen molar-refractivity contribution in [2.24, 2.45) is 0 Å². The first-order valence-corrected chi connectivity index (χ1v) is 2.25. The molecular weight excluding hydrogens is 122 g/mol. The molecule has 0 aliphatic rings. The van der Waals surface area contributed by atoms with Crippen LogP contribution in [-0.4, -0.2) is 4.98 Å². The van der Waals surface area contributed by atoms with Crippen LogP contribution < -0.4 is 11.2 Å². The summed E-state index contributed by atoms with van der Waals surface area (Å²) >= 11 is 0. The smallest absolute Gasteiger partial charge is 0.404 e. The van der Waals surface area contributed by atoms with Gasteiger partial charge in [-0.2, -0.15) is 0 Å². The van der Waals surface area contributed by atoms with Crippen molar-refractivity contribution in [3.63, 3.8) is 0 Å². The first-order chi connectivity index (χ1) is 4.30. The zero-order chi connectivity index (χ0) is 6.69. The van der Waals surface area contributed by atoms with Gasteiger partial charge in [-0.15, -0.1) is 0 Å². The lowest BCUT2D eigenvalue weighted by atomic mass is 10.8. The highest BCUT2D eigenvalue weighted by Crippen LogP contribution is 1.64. The predicted octanol–water partition coefficient (Wildman–Crippen LogP) is -0.605. The molecule has 0 aliphatic carbocycles. The fraction of sp³-hybridized carbons (Fsp3) is 0. The maximum absolute atomic E-state index is 10.3. The Morgan fingerprint density at radius 1 is 1.44 bits per heavy atom. The Kier molecular flexibility index (Phi) is 1.40. The number of hydrogen-bond acceptors (Lipinski definition) is 4. The summed E-state index contributed by atoms with van der Waals surface area (Å²) in [6, 6.07) is 1.36. The summed E-state index contributed by atoms with van der Waals surface area (Å²) in [7, 11) is 0. The van der Waals surface area contributed by atoms with Crippen molar-refractivity contribution in [1.82, 2.24) is 4.98 Å². The van der Waals surface area contributed by atoms with Gasteiger partial charge in [0.25, 0.3) is 0 Å². The van der Waals surface area contributed by atoms with Crippen LogP contribution in [0, 0.1) is 0 Å². The van der Waals surface area contributed by atoms with E-state index in [0.717, 1.165) is 6.26 Å². The fourth-order valence-corrected chi connectivity index (χ4v) is 0.350. The van der Waals surface area contributed by atoms with Crippen LogP contribution in [-0.2, 0) is 0 Å². The number of hydrogen-bond donors (Lipinski definition) is 0. The second kappa shape index (κ2) is 2.21. The highest BCUT2D eigenvalue weighted by Gasteiger charge is 1.86. The van der Waals surface area contributed by atoms with Gasteiger partial charge in [-0.25, -0.2) is 9.78 Å². The molecule has 0 saturated carbocycles. The summed E-state index contributed by atoms with van der Waals surface area (Å²) in [5, 5.41) is 0. The molecule has 0 aromatic carbocycles.